The molecule has 3 aliphatic carbocycles. The van der Waals surface area contributed by atoms with Crippen LogP contribution in [-0.2, 0) is 5.41 Å². The molecule has 23 heavy (non-hydrogen) atoms. The third kappa shape index (κ3) is 2.03. The van der Waals surface area contributed by atoms with Crippen molar-refractivity contribution in [1.82, 2.24) is 4.90 Å². The Balaban J connectivity index is 1.50. The van der Waals surface area contributed by atoms with E-state index >= 15 is 0 Å². The van der Waals surface area contributed by atoms with Gasteiger partial charge in [0.2, 0.25) is 0 Å². The van der Waals surface area contributed by atoms with E-state index in [0.717, 1.165) is 23.8 Å². The van der Waals surface area contributed by atoms with E-state index in [0.29, 0.717) is 11.5 Å². The van der Waals surface area contributed by atoms with Crippen molar-refractivity contribution < 1.29 is 4.74 Å². The minimum Gasteiger partial charge on any atom is -0.490 e. The van der Waals surface area contributed by atoms with Crippen LogP contribution in [0.2, 0.25) is 0 Å². The Kier molecular flexibility index (Phi) is 3.11. The summed E-state index contributed by atoms with van der Waals surface area (Å²) in [6.45, 7) is 2.32. The lowest BCUT2D eigenvalue weighted by Gasteiger charge is -2.44. The van der Waals surface area contributed by atoms with E-state index in [-0.39, 0.29) is 0 Å². The highest BCUT2D eigenvalue weighted by Gasteiger charge is 2.65. The largest absolute Gasteiger partial charge is 0.490 e. The maximum atomic E-state index is 6.23. The lowest BCUT2D eigenvalue weighted by molar-refractivity contribution is 0.119. The number of piperidine rings is 1. The molecule has 3 saturated carbocycles. The normalized spacial score (nSPS) is 41.8. The lowest BCUT2D eigenvalue weighted by Crippen LogP contribution is -2.40. The molecule has 1 saturated heterocycles. The molecule has 1 aliphatic heterocycles. The van der Waals surface area contributed by atoms with Crippen LogP contribution in [0.25, 0.3) is 0 Å². The van der Waals surface area contributed by atoms with Crippen LogP contribution in [0.4, 0.5) is 0 Å². The molecule has 4 fully saturated rings. The summed E-state index contributed by atoms with van der Waals surface area (Å²) >= 11 is 0. The first-order valence-corrected chi connectivity index (χ1v) is 9.69. The van der Waals surface area contributed by atoms with Gasteiger partial charge in [-0.15, -0.1) is 0 Å². The van der Waals surface area contributed by atoms with E-state index in [1.165, 1.54) is 56.9 Å². The Hall–Kier alpha value is -1.02. The molecule has 2 nitrogen and oxygen atoms in total. The molecule has 5 rings (SSSR count). The number of aryl methyl sites for hydroxylation is 1. The van der Waals surface area contributed by atoms with E-state index in [1.807, 2.05) is 0 Å². The molecule has 0 spiro atoms. The first-order chi connectivity index (χ1) is 11.2. The topological polar surface area (TPSA) is 12.2 Å². The average molecular weight is 311 g/mol. The molecule has 0 aromatic heterocycles. The predicted octanol–water partition coefficient (Wildman–Crippen LogP) is 4.44. The smallest absolute Gasteiger partial charge is 0.120 e. The van der Waals surface area contributed by atoms with E-state index in [1.54, 1.807) is 5.56 Å². The summed E-state index contributed by atoms with van der Waals surface area (Å²) < 4.78 is 6.23. The van der Waals surface area contributed by atoms with Crippen LogP contribution in [0.15, 0.2) is 18.2 Å². The molecule has 124 valence electrons. The first-order valence-electron chi connectivity index (χ1n) is 9.69. The maximum absolute atomic E-state index is 6.23. The summed E-state index contributed by atoms with van der Waals surface area (Å²) in [5.74, 6) is 2.01. The number of ether oxygens (including phenoxy) is 1. The van der Waals surface area contributed by atoms with Crippen molar-refractivity contribution in [3.05, 3.63) is 29.3 Å². The van der Waals surface area contributed by atoms with Crippen LogP contribution >= 0.6 is 0 Å². The molecule has 0 N–H and O–H groups in total. The van der Waals surface area contributed by atoms with Crippen molar-refractivity contribution in [2.45, 2.75) is 81.9 Å². The van der Waals surface area contributed by atoms with Gasteiger partial charge >= 0.3 is 0 Å². The van der Waals surface area contributed by atoms with Gasteiger partial charge < -0.3 is 4.74 Å². The van der Waals surface area contributed by atoms with Gasteiger partial charge in [-0.2, -0.15) is 0 Å². The van der Waals surface area contributed by atoms with E-state index in [9.17, 15) is 0 Å². The highest BCUT2D eigenvalue weighted by molar-refractivity contribution is 5.44. The molecular weight excluding hydrogens is 282 g/mol. The van der Waals surface area contributed by atoms with Crippen molar-refractivity contribution in [1.29, 1.82) is 0 Å². The summed E-state index contributed by atoms with van der Waals surface area (Å²) in [6, 6.07) is 8.67. The Bertz CT molecular complexity index is 622. The second-order valence-corrected chi connectivity index (χ2v) is 8.58. The van der Waals surface area contributed by atoms with Gasteiger partial charge in [-0.05, 0) is 81.7 Å². The standard InChI is InChI=1S/C21H29NO/c1-14-9-10-16(23-15-6-5-7-15)12-18(14)21-11-4-3-8-17(21)20-19(13-21)22(20)2/h9-10,12,15,17,19-20H,3-8,11,13H2,1-2H3/t17-,19?,20-,21+,22?/m1/s1. The third-order valence-electron chi connectivity index (χ3n) is 7.48. The van der Waals surface area contributed by atoms with Gasteiger partial charge in [0.05, 0.1) is 6.10 Å². The molecule has 5 atom stereocenters. The first kappa shape index (κ1) is 14.3. The van der Waals surface area contributed by atoms with Crippen molar-refractivity contribution in [2.75, 3.05) is 7.05 Å². The second-order valence-electron chi connectivity index (χ2n) is 8.58. The Morgan fingerprint density at radius 3 is 2.78 bits per heavy atom. The van der Waals surface area contributed by atoms with E-state index in [4.69, 9.17) is 4.74 Å². The zero-order valence-corrected chi connectivity index (χ0v) is 14.6. The zero-order chi connectivity index (χ0) is 15.6. The minimum absolute atomic E-state index is 0.448. The molecule has 0 radical (unpaired) electrons. The number of fused-ring (bicyclic) bond motifs is 3. The van der Waals surface area contributed by atoms with Crippen LogP contribution in [0.3, 0.4) is 0 Å². The molecule has 1 aromatic rings. The number of nitrogens with zero attached hydrogens (tertiary/aromatic N) is 1. The summed E-state index contributed by atoms with van der Waals surface area (Å²) in [6.07, 6.45) is 11.3. The van der Waals surface area contributed by atoms with Crippen LogP contribution in [0, 0.1) is 12.8 Å². The monoisotopic (exact) mass is 311 g/mol. The quantitative estimate of drug-likeness (QED) is 0.765. The van der Waals surface area contributed by atoms with Crippen LogP contribution in [0.1, 0.15) is 62.5 Å². The maximum Gasteiger partial charge on any atom is 0.120 e. The fourth-order valence-electron chi connectivity index (χ4n) is 5.97. The molecule has 1 heterocycles. The molecular formula is C21H29NO. The van der Waals surface area contributed by atoms with Crippen LogP contribution in [0.5, 0.6) is 5.75 Å². The number of hydrogen-bond acceptors (Lipinski definition) is 2. The number of likely N-dealkylation sites (tertiary alicyclic amines) is 1. The summed E-state index contributed by atoms with van der Waals surface area (Å²) in [7, 11) is 2.33. The number of rotatable bonds is 3. The lowest BCUT2D eigenvalue weighted by atomic mass is 9.62. The van der Waals surface area contributed by atoms with Crippen molar-refractivity contribution >= 4 is 0 Å². The van der Waals surface area contributed by atoms with Crippen molar-refractivity contribution in [3.8, 4) is 5.75 Å². The van der Waals surface area contributed by atoms with Crippen LogP contribution in [-0.4, -0.2) is 30.1 Å². The predicted molar refractivity (Wildman–Crippen MR) is 93.0 cm³/mol. The molecule has 1 aromatic carbocycles. The van der Waals surface area contributed by atoms with E-state index in [2.05, 4.69) is 37.1 Å². The SMILES string of the molecule is Cc1ccc(OC2CCC2)cc1[C@]12CCCC[C@@H]1[C@@H]1C(C2)N1C. The molecule has 2 heteroatoms. The summed E-state index contributed by atoms with van der Waals surface area (Å²) in [5, 5.41) is 0. The third-order valence-corrected chi connectivity index (χ3v) is 7.48. The van der Waals surface area contributed by atoms with Gasteiger partial charge in [-0.3, -0.25) is 4.90 Å². The Morgan fingerprint density at radius 1 is 1.13 bits per heavy atom. The Labute approximate surface area is 140 Å². The fraction of sp³-hybridized carbons (Fsp3) is 0.714. The second kappa shape index (κ2) is 4.99. The Morgan fingerprint density at radius 2 is 2.00 bits per heavy atom. The number of benzene rings is 1. The fourth-order valence-corrected chi connectivity index (χ4v) is 5.97. The number of likely N-dealkylation sites (N-methyl/N-ethyl adjacent to an activating group) is 1. The van der Waals surface area contributed by atoms with Crippen molar-refractivity contribution in [3.63, 3.8) is 0 Å². The average Bonchev–Trinajstić information content (AvgIpc) is 2.99. The minimum atomic E-state index is 0.448. The number of hydrogen-bond donors (Lipinski definition) is 0. The van der Waals surface area contributed by atoms with Gasteiger partial charge in [0.1, 0.15) is 5.75 Å². The van der Waals surface area contributed by atoms with Gasteiger partial charge in [0.25, 0.3) is 0 Å². The van der Waals surface area contributed by atoms with Gasteiger partial charge in [0, 0.05) is 17.5 Å². The molecule has 0 bridgehead atoms. The highest BCUT2D eigenvalue weighted by atomic mass is 16.5. The van der Waals surface area contributed by atoms with Gasteiger partial charge in [-0.25, -0.2) is 0 Å². The summed E-state index contributed by atoms with van der Waals surface area (Å²) in [4.78, 5) is 2.62. The van der Waals surface area contributed by atoms with E-state index < -0.39 is 0 Å². The van der Waals surface area contributed by atoms with Gasteiger partial charge in [-0.1, -0.05) is 18.9 Å². The zero-order valence-electron chi connectivity index (χ0n) is 14.6. The van der Waals surface area contributed by atoms with Crippen molar-refractivity contribution in [2.24, 2.45) is 5.92 Å². The van der Waals surface area contributed by atoms with Gasteiger partial charge in [0.15, 0.2) is 0 Å². The summed E-state index contributed by atoms with van der Waals surface area (Å²) in [5.41, 5.74) is 3.56. The van der Waals surface area contributed by atoms with Crippen LogP contribution < -0.4 is 4.74 Å². The highest BCUT2D eigenvalue weighted by Crippen LogP contribution is 2.62. The molecule has 4 aliphatic rings. The molecule has 0 amide bonds. The molecule has 2 unspecified atom stereocenters.